The predicted molar refractivity (Wildman–Crippen MR) is 210 cm³/mol. The maximum absolute atomic E-state index is 9.95. The number of rotatable bonds is 17. The minimum atomic E-state index is -1.91. The largest absolute Gasteiger partial charge is 0.508 e. The molecule has 2 aromatic carbocycles. The zero-order valence-electron chi connectivity index (χ0n) is 32.0. The van der Waals surface area contributed by atoms with Crippen molar-refractivity contribution in [2.75, 3.05) is 7.11 Å². The Morgan fingerprint density at radius 3 is 1.89 bits per heavy atom. The van der Waals surface area contributed by atoms with Gasteiger partial charge in [-0.3, -0.25) is 0 Å². The lowest BCUT2D eigenvalue weighted by molar-refractivity contribution is 0.218. The minimum absolute atomic E-state index is 0.202. The summed E-state index contributed by atoms with van der Waals surface area (Å²) >= 11 is 0. The molecule has 0 bridgehead atoms. The lowest BCUT2D eigenvalue weighted by Gasteiger charge is -2.47. The summed E-state index contributed by atoms with van der Waals surface area (Å²) in [7, 11) is -5.71. The van der Waals surface area contributed by atoms with Gasteiger partial charge in [-0.15, -0.1) is 0 Å². The second-order valence-corrected chi connectivity index (χ2v) is 34.8. The van der Waals surface area contributed by atoms with Crippen molar-refractivity contribution in [3.63, 3.8) is 0 Å². The van der Waals surface area contributed by atoms with Gasteiger partial charge in [0.25, 0.3) is 0 Å². The summed E-state index contributed by atoms with van der Waals surface area (Å²) in [5.41, 5.74) is 4.19. The van der Waals surface area contributed by atoms with Gasteiger partial charge >= 0.3 is 0 Å². The Morgan fingerprint density at radius 1 is 0.766 bits per heavy atom. The van der Waals surface area contributed by atoms with Crippen molar-refractivity contribution in [2.24, 2.45) is 17.8 Å². The first-order valence-corrected chi connectivity index (χ1v) is 30.6. The fourth-order valence-electron chi connectivity index (χ4n) is 8.65. The van der Waals surface area contributed by atoms with Crippen LogP contribution in [0.2, 0.25) is 76.0 Å². The van der Waals surface area contributed by atoms with Gasteiger partial charge in [-0.1, -0.05) is 38.5 Å². The SMILES string of the molecule is COc1cc(CCC[Si](C)(C)O[Si](C)(C)C2CC(C(C)C[Si](C)(C)O[Si](C)(C)CCCc3ccc(O)c(C)c3)CCC2C)ccc1O. The molecule has 0 aliphatic heterocycles. The third kappa shape index (κ3) is 12.5. The van der Waals surface area contributed by atoms with Crippen LogP contribution in [-0.2, 0) is 21.1 Å². The summed E-state index contributed by atoms with van der Waals surface area (Å²) in [6, 6.07) is 15.3. The molecule has 1 aliphatic rings. The zero-order valence-corrected chi connectivity index (χ0v) is 36.0. The van der Waals surface area contributed by atoms with Crippen molar-refractivity contribution in [1.29, 1.82) is 0 Å². The van der Waals surface area contributed by atoms with E-state index < -0.39 is 33.3 Å². The standard InChI is InChI=1S/C38H68O5Si4/c1-29-17-20-34(31(3)28-46(9,10)42-44(5,6)23-13-15-32-18-21-35(39)30(2)25-32)27-38(29)47(11,12)43-45(7,8)24-14-16-33-19-22-36(40)37(26-33)41-4/h18-19,21-22,25-26,29,31,34,38-40H,13-17,20,23-24,27-28H2,1-12H3. The van der Waals surface area contributed by atoms with Crippen LogP contribution in [0, 0.1) is 24.7 Å². The average molecular weight is 717 g/mol. The van der Waals surface area contributed by atoms with Gasteiger partial charge in [0, 0.05) is 0 Å². The first kappa shape index (κ1) is 40.1. The molecule has 47 heavy (non-hydrogen) atoms. The second kappa shape index (κ2) is 16.6. The molecule has 0 spiro atoms. The fourth-order valence-corrected chi connectivity index (χ4v) is 28.4. The maximum Gasteiger partial charge on any atom is 0.176 e. The molecule has 4 atom stereocenters. The van der Waals surface area contributed by atoms with E-state index in [1.165, 1.54) is 42.5 Å². The number of hydrogen-bond acceptors (Lipinski definition) is 5. The van der Waals surface area contributed by atoms with E-state index in [0.717, 1.165) is 49.1 Å². The number of methoxy groups -OCH3 is 1. The Balaban J connectivity index is 1.52. The molecule has 9 heteroatoms. The van der Waals surface area contributed by atoms with Crippen LogP contribution in [-0.4, -0.2) is 50.6 Å². The summed E-state index contributed by atoms with van der Waals surface area (Å²) < 4.78 is 19.8. The molecule has 0 heterocycles. The molecular formula is C38H68O5Si4. The molecule has 1 saturated carbocycles. The van der Waals surface area contributed by atoms with Crippen LogP contribution in [0.4, 0.5) is 0 Å². The van der Waals surface area contributed by atoms with E-state index in [9.17, 15) is 10.2 Å². The lowest BCUT2D eigenvalue weighted by Crippen LogP contribution is -2.50. The molecule has 1 fully saturated rings. The quantitative estimate of drug-likeness (QED) is 0.160. The van der Waals surface area contributed by atoms with Crippen molar-refractivity contribution in [1.82, 2.24) is 0 Å². The molecule has 2 N–H and O–H groups in total. The minimum Gasteiger partial charge on any atom is -0.508 e. The molecule has 0 aromatic heterocycles. The summed E-state index contributed by atoms with van der Waals surface area (Å²) in [6.45, 7) is 26.6. The molecule has 0 saturated heterocycles. The molecule has 2 aromatic rings. The molecule has 266 valence electrons. The van der Waals surface area contributed by atoms with Gasteiger partial charge < -0.3 is 23.2 Å². The number of ether oxygens (including phenoxy) is 1. The van der Waals surface area contributed by atoms with Gasteiger partial charge in [-0.25, -0.2) is 0 Å². The highest BCUT2D eigenvalue weighted by atomic mass is 28.4. The highest BCUT2D eigenvalue weighted by Gasteiger charge is 2.45. The van der Waals surface area contributed by atoms with Gasteiger partial charge in [-0.2, -0.15) is 0 Å². The van der Waals surface area contributed by atoms with Crippen LogP contribution >= 0.6 is 0 Å². The lowest BCUT2D eigenvalue weighted by atomic mass is 9.77. The van der Waals surface area contributed by atoms with Gasteiger partial charge in [-0.05, 0) is 174 Å². The van der Waals surface area contributed by atoms with Crippen LogP contribution in [0.3, 0.4) is 0 Å². The number of aryl methyl sites for hydroxylation is 3. The van der Waals surface area contributed by atoms with Crippen LogP contribution in [0.1, 0.15) is 62.6 Å². The summed E-state index contributed by atoms with van der Waals surface area (Å²) in [4.78, 5) is 0. The summed E-state index contributed by atoms with van der Waals surface area (Å²) in [5.74, 6) is 3.33. The molecule has 0 radical (unpaired) electrons. The van der Waals surface area contributed by atoms with Gasteiger partial charge in [0.2, 0.25) is 0 Å². The molecule has 1 aliphatic carbocycles. The first-order valence-electron chi connectivity index (χ1n) is 18.3. The van der Waals surface area contributed by atoms with Crippen LogP contribution in [0.5, 0.6) is 17.2 Å². The van der Waals surface area contributed by atoms with E-state index in [2.05, 4.69) is 78.4 Å². The van der Waals surface area contributed by atoms with Gasteiger partial charge in [0.05, 0.1) is 7.11 Å². The Bertz CT molecular complexity index is 1290. The molecule has 5 nitrogen and oxygen atoms in total. The number of hydrogen-bond donors (Lipinski definition) is 2. The molecule has 3 rings (SSSR count). The van der Waals surface area contributed by atoms with E-state index in [0.29, 0.717) is 23.0 Å². The molecule has 0 amide bonds. The van der Waals surface area contributed by atoms with Crippen molar-refractivity contribution in [3.8, 4) is 17.2 Å². The van der Waals surface area contributed by atoms with Crippen molar-refractivity contribution < 1.29 is 23.2 Å². The van der Waals surface area contributed by atoms with Crippen molar-refractivity contribution >= 4 is 33.3 Å². The Hall–Kier alpha value is -1.37. The van der Waals surface area contributed by atoms with Crippen LogP contribution in [0.25, 0.3) is 0 Å². The normalized spacial score (nSPS) is 20.3. The van der Waals surface area contributed by atoms with E-state index in [4.69, 9.17) is 13.0 Å². The van der Waals surface area contributed by atoms with Crippen molar-refractivity contribution in [2.45, 2.75) is 142 Å². The monoisotopic (exact) mass is 716 g/mol. The zero-order chi connectivity index (χ0) is 35.2. The molecule has 4 unspecified atom stereocenters. The third-order valence-electron chi connectivity index (χ3n) is 10.8. The Morgan fingerprint density at radius 2 is 1.32 bits per heavy atom. The smallest absolute Gasteiger partial charge is 0.176 e. The Labute approximate surface area is 292 Å². The van der Waals surface area contributed by atoms with E-state index >= 15 is 0 Å². The van der Waals surface area contributed by atoms with E-state index in [-0.39, 0.29) is 5.75 Å². The highest BCUT2D eigenvalue weighted by Crippen LogP contribution is 2.48. The fraction of sp³-hybridized carbons (Fsp3) is 0.684. The number of phenolic OH excluding ortho intramolecular Hbond substituents is 2. The van der Waals surface area contributed by atoms with Crippen molar-refractivity contribution in [3.05, 3.63) is 53.1 Å². The summed E-state index contributed by atoms with van der Waals surface area (Å²) in [6.07, 6.45) is 8.27. The first-order chi connectivity index (χ1) is 21.7. The topological polar surface area (TPSA) is 68.2 Å². The number of aromatic hydroxyl groups is 2. The van der Waals surface area contributed by atoms with Crippen LogP contribution in [0.15, 0.2) is 36.4 Å². The number of benzene rings is 2. The second-order valence-electron chi connectivity index (χ2n) is 17.3. The van der Waals surface area contributed by atoms with Gasteiger partial charge in [0.15, 0.2) is 44.8 Å². The predicted octanol–water partition coefficient (Wildman–Crippen LogP) is 11.3. The van der Waals surface area contributed by atoms with E-state index in [1.54, 1.807) is 13.2 Å². The maximum atomic E-state index is 9.95. The van der Waals surface area contributed by atoms with Gasteiger partial charge in [0.1, 0.15) is 5.75 Å². The third-order valence-corrected chi connectivity index (χ3v) is 26.9. The Kier molecular flexibility index (Phi) is 14.1. The number of phenols is 2. The van der Waals surface area contributed by atoms with E-state index in [1.807, 2.05) is 25.1 Å². The van der Waals surface area contributed by atoms with Crippen LogP contribution < -0.4 is 4.74 Å². The highest BCUT2D eigenvalue weighted by molar-refractivity contribution is 6.86. The average Bonchev–Trinajstić information content (AvgIpc) is 2.94. The summed E-state index contributed by atoms with van der Waals surface area (Å²) in [5, 5.41) is 19.8. The molecular weight excluding hydrogens is 649 g/mol.